The average Bonchev–Trinajstić information content (AvgIpc) is 2.98. The van der Waals surface area contributed by atoms with Gasteiger partial charge in [0.15, 0.2) is 0 Å². The van der Waals surface area contributed by atoms with Gasteiger partial charge >= 0.3 is 5.97 Å². The third-order valence-corrected chi connectivity index (χ3v) is 4.36. The van der Waals surface area contributed by atoms with Crippen LogP contribution in [0, 0.1) is 20.8 Å². The molecule has 140 valence electrons. The highest BCUT2D eigenvalue weighted by Crippen LogP contribution is 2.18. The molecule has 27 heavy (non-hydrogen) atoms. The zero-order valence-corrected chi connectivity index (χ0v) is 15.8. The number of aryl methyl sites for hydroxylation is 3. The summed E-state index contributed by atoms with van der Waals surface area (Å²) in [7, 11) is 0. The number of ether oxygens (including phenoxy) is 2. The lowest BCUT2D eigenvalue weighted by Gasteiger charge is -2.08. The first-order valence-electron chi connectivity index (χ1n) is 8.86. The van der Waals surface area contributed by atoms with E-state index in [-0.39, 0.29) is 19.0 Å². The summed E-state index contributed by atoms with van der Waals surface area (Å²) >= 11 is 0. The van der Waals surface area contributed by atoms with Crippen LogP contribution in [0.15, 0.2) is 53.1 Å². The van der Waals surface area contributed by atoms with Gasteiger partial charge in [-0.25, -0.2) is 0 Å². The smallest absolute Gasteiger partial charge is 0.310 e. The van der Waals surface area contributed by atoms with E-state index in [4.69, 9.17) is 14.0 Å². The molecule has 5 heteroatoms. The molecule has 2 aromatic carbocycles. The summed E-state index contributed by atoms with van der Waals surface area (Å²) in [6.07, 6.45) is 0.232. The van der Waals surface area contributed by atoms with Crippen molar-refractivity contribution >= 4 is 5.97 Å². The van der Waals surface area contributed by atoms with Gasteiger partial charge in [0, 0.05) is 0 Å². The van der Waals surface area contributed by atoms with Crippen LogP contribution < -0.4 is 4.74 Å². The fourth-order valence-electron chi connectivity index (χ4n) is 2.63. The van der Waals surface area contributed by atoms with Crippen molar-refractivity contribution in [3.8, 4) is 5.75 Å². The van der Waals surface area contributed by atoms with Crippen molar-refractivity contribution in [2.75, 3.05) is 0 Å². The number of esters is 1. The Morgan fingerprint density at radius 2 is 1.59 bits per heavy atom. The molecule has 0 fully saturated rings. The third kappa shape index (κ3) is 5.20. The lowest BCUT2D eigenvalue weighted by molar-refractivity contribution is -0.144. The molecule has 1 aromatic heterocycles. The molecule has 0 aliphatic carbocycles. The van der Waals surface area contributed by atoms with Crippen LogP contribution in [0.25, 0.3) is 0 Å². The quantitative estimate of drug-likeness (QED) is 0.578. The fourth-order valence-corrected chi connectivity index (χ4v) is 2.63. The highest BCUT2D eigenvalue weighted by atomic mass is 16.5. The Labute approximate surface area is 158 Å². The molecule has 1 heterocycles. The third-order valence-electron chi connectivity index (χ3n) is 4.36. The number of hydrogen-bond acceptors (Lipinski definition) is 5. The molecule has 0 saturated heterocycles. The Bertz CT molecular complexity index is 876. The zero-order valence-electron chi connectivity index (χ0n) is 15.8. The highest BCUT2D eigenvalue weighted by Gasteiger charge is 2.10. The first-order valence-corrected chi connectivity index (χ1v) is 8.86. The van der Waals surface area contributed by atoms with Crippen molar-refractivity contribution in [1.82, 2.24) is 5.16 Å². The molecule has 3 aromatic rings. The number of nitrogens with zero attached hydrogens (tertiary/aromatic N) is 1. The number of aromatic nitrogens is 1. The highest BCUT2D eigenvalue weighted by molar-refractivity contribution is 5.72. The first-order chi connectivity index (χ1) is 13.0. The van der Waals surface area contributed by atoms with E-state index < -0.39 is 0 Å². The second kappa shape index (κ2) is 8.54. The van der Waals surface area contributed by atoms with Crippen LogP contribution in [0.1, 0.15) is 33.7 Å². The van der Waals surface area contributed by atoms with Gasteiger partial charge in [0.2, 0.25) is 0 Å². The predicted molar refractivity (Wildman–Crippen MR) is 101 cm³/mol. The van der Waals surface area contributed by atoms with Crippen molar-refractivity contribution in [3.05, 3.63) is 82.2 Å². The fraction of sp³-hybridized carbons (Fsp3) is 0.273. The SMILES string of the molecule is Cc1ccc(COC(=O)Cc2ccc(OCc3c(C)noc3C)cc2)cc1. The van der Waals surface area contributed by atoms with Crippen LogP contribution in [0.3, 0.4) is 0 Å². The van der Waals surface area contributed by atoms with E-state index >= 15 is 0 Å². The van der Waals surface area contributed by atoms with Crippen LogP contribution >= 0.6 is 0 Å². The van der Waals surface area contributed by atoms with Gasteiger partial charge in [0.1, 0.15) is 24.7 Å². The molecule has 0 aliphatic rings. The van der Waals surface area contributed by atoms with Crippen LogP contribution in [-0.2, 0) is 29.2 Å². The van der Waals surface area contributed by atoms with Crippen molar-refractivity contribution in [2.24, 2.45) is 0 Å². The van der Waals surface area contributed by atoms with Gasteiger partial charge < -0.3 is 14.0 Å². The minimum atomic E-state index is -0.250. The van der Waals surface area contributed by atoms with E-state index in [1.54, 1.807) is 0 Å². The van der Waals surface area contributed by atoms with E-state index in [1.807, 2.05) is 69.3 Å². The number of hydrogen-bond donors (Lipinski definition) is 0. The van der Waals surface area contributed by atoms with Gasteiger partial charge in [-0.2, -0.15) is 0 Å². The van der Waals surface area contributed by atoms with E-state index in [9.17, 15) is 4.79 Å². The summed E-state index contributed by atoms with van der Waals surface area (Å²) in [5, 5.41) is 3.91. The normalized spacial score (nSPS) is 10.6. The number of carbonyl (C=O) groups is 1. The monoisotopic (exact) mass is 365 g/mol. The molecule has 0 aliphatic heterocycles. The molecule has 0 N–H and O–H groups in total. The second-order valence-corrected chi connectivity index (χ2v) is 6.56. The number of rotatable bonds is 7. The Morgan fingerprint density at radius 1 is 0.926 bits per heavy atom. The molecule has 0 spiro atoms. The van der Waals surface area contributed by atoms with Gasteiger partial charge in [-0.15, -0.1) is 0 Å². The van der Waals surface area contributed by atoms with Crippen LogP contribution in [-0.4, -0.2) is 11.1 Å². The Hall–Kier alpha value is -3.08. The Kier molecular flexibility index (Phi) is 5.91. The topological polar surface area (TPSA) is 61.6 Å². The number of benzene rings is 2. The molecule has 5 nitrogen and oxygen atoms in total. The van der Waals surface area contributed by atoms with Crippen molar-refractivity contribution in [2.45, 2.75) is 40.4 Å². The minimum absolute atomic E-state index is 0.232. The summed E-state index contributed by atoms with van der Waals surface area (Å²) in [6.45, 7) is 6.47. The second-order valence-electron chi connectivity index (χ2n) is 6.56. The molecule has 0 radical (unpaired) electrons. The summed E-state index contributed by atoms with van der Waals surface area (Å²) in [4.78, 5) is 12.0. The van der Waals surface area contributed by atoms with Crippen LogP contribution in [0.4, 0.5) is 0 Å². The zero-order chi connectivity index (χ0) is 19.2. The molecule has 0 saturated carbocycles. The van der Waals surface area contributed by atoms with E-state index in [2.05, 4.69) is 5.16 Å². The maximum atomic E-state index is 12.0. The van der Waals surface area contributed by atoms with Crippen molar-refractivity contribution < 1.29 is 18.8 Å². The Morgan fingerprint density at radius 3 is 2.22 bits per heavy atom. The standard InChI is InChI=1S/C22H23NO4/c1-15-4-6-19(7-5-15)13-26-22(24)12-18-8-10-20(11-9-18)25-14-21-16(2)23-27-17(21)3/h4-11H,12-14H2,1-3H3. The summed E-state index contributed by atoms with van der Waals surface area (Å²) in [5.74, 6) is 1.24. The summed E-state index contributed by atoms with van der Waals surface area (Å²) < 4.78 is 16.2. The maximum absolute atomic E-state index is 12.0. The van der Waals surface area contributed by atoms with Gasteiger partial charge in [-0.1, -0.05) is 47.1 Å². The van der Waals surface area contributed by atoms with Gasteiger partial charge in [0.25, 0.3) is 0 Å². The van der Waals surface area contributed by atoms with Crippen molar-refractivity contribution in [3.63, 3.8) is 0 Å². The van der Waals surface area contributed by atoms with E-state index in [0.29, 0.717) is 6.61 Å². The van der Waals surface area contributed by atoms with Gasteiger partial charge in [-0.05, 0) is 44.0 Å². The largest absolute Gasteiger partial charge is 0.489 e. The average molecular weight is 365 g/mol. The lowest BCUT2D eigenvalue weighted by atomic mass is 10.1. The lowest BCUT2D eigenvalue weighted by Crippen LogP contribution is -2.08. The molecule has 0 bridgehead atoms. The molecular formula is C22H23NO4. The molecular weight excluding hydrogens is 342 g/mol. The van der Waals surface area contributed by atoms with Crippen molar-refractivity contribution in [1.29, 1.82) is 0 Å². The predicted octanol–water partition coefficient (Wildman–Crippen LogP) is 4.46. The van der Waals surface area contributed by atoms with Crippen LogP contribution in [0.5, 0.6) is 5.75 Å². The Balaban J connectivity index is 1.48. The molecule has 0 amide bonds. The molecule has 0 unspecified atom stereocenters. The van der Waals surface area contributed by atoms with Crippen LogP contribution in [0.2, 0.25) is 0 Å². The van der Waals surface area contributed by atoms with Gasteiger partial charge in [0.05, 0.1) is 17.7 Å². The first kappa shape index (κ1) is 18.7. The van der Waals surface area contributed by atoms with E-state index in [0.717, 1.165) is 33.9 Å². The summed E-state index contributed by atoms with van der Waals surface area (Å²) in [6, 6.07) is 15.4. The number of carbonyl (C=O) groups excluding carboxylic acids is 1. The molecule has 0 atom stereocenters. The maximum Gasteiger partial charge on any atom is 0.310 e. The van der Waals surface area contributed by atoms with Gasteiger partial charge in [-0.3, -0.25) is 4.79 Å². The summed E-state index contributed by atoms with van der Waals surface area (Å²) in [5.41, 5.74) is 4.84. The van der Waals surface area contributed by atoms with E-state index in [1.165, 1.54) is 5.56 Å². The minimum Gasteiger partial charge on any atom is -0.489 e. The molecule has 3 rings (SSSR count).